The van der Waals surface area contributed by atoms with Crippen molar-refractivity contribution in [2.75, 3.05) is 57.8 Å². The summed E-state index contributed by atoms with van der Waals surface area (Å²) in [4.78, 5) is 69.5. The van der Waals surface area contributed by atoms with Crippen molar-refractivity contribution < 1.29 is 28.4 Å². The van der Waals surface area contributed by atoms with Gasteiger partial charge in [-0.2, -0.15) is 0 Å². The zero-order valence-corrected chi connectivity index (χ0v) is 28.3. The second-order valence-corrected chi connectivity index (χ2v) is 13.4. The van der Waals surface area contributed by atoms with E-state index in [0.717, 1.165) is 82.2 Å². The number of likely N-dealkylation sites (N-methyl/N-ethyl adjacent to an activating group) is 1. The standard InChI is InChI=1S/C35H49FN8O5/c1-39-33(47)29(8-5-19-45)44-34(48)25-20-27(36)30(21-26(25)35(44)49)42-17-15-41(16-18-42)22-23-11-13-43(14-12-23)31(38)10-9-28(37)32(46)40-24-6-3-2-4-7-24/h9-10,19-21,23-24,29H,2-8,11-18,22,37-38H2,1H3,(H,39,47)(H,40,46)/b28-9-,31-10+. The Morgan fingerprint density at radius 2 is 1.59 bits per heavy atom. The molecule has 0 radical (unpaired) electrons. The first-order chi connectivity index (χ1) is 23.6. The maximum atomic E-state index is 15.4. The first-order valence-corrected chi connectivity index (χ1v) is 17.4. The largest absolute Gasteiger partial charge is 0.394 e. The van der Waals surface area contributed by atoms with E-state index in [0.29, 0.717) is 31.1 Å². The number of piperidine rings is 1. The molecule has 1 atom stereocenters. The highest BCUT2D eigenvalue weighted by Gasteiger charge is 2.43. The number of aldehydes is 1. The van der Waals surface area contributed by atoms with Crippen molar-refractivity contribution in [1.29, 1.82) is 0 Å². The van der Waals surface area contributed by atoms with Crippen molar-refractivity contribution >= 4 is 35.6 Å². The number of benzene rings is 1. The van der Waals surface area contributed by atoms with Crippen LogP contribution in [0.4, 0.5) is 10.1 Å². The maximum Gasteiger partial charge on any atom is 0.267 e. The molecule has 6 N–H and O–H groups in total. The predicted molar refractivity (Wildman–Crippen MR) is 183 cm³/mol. The Hall–Kier alpha value is -4.46. The van der Waals surface area contributed by atoms with Crippen LogP contribution in [0.25, 0.3) is 0 Å². The fourth-order valence-corrected chi connectivity index (χ4v) is 7.35. The molecule has 1 aromatic carbocycles. The molecule has 0 spiro atoms. The molecule has 1 aliphatic carbocycles. The molecule has 2 saturated heterocycles. The molecule has 49 heavy (non-hydrogen) atoms. The third-order valence-corrected chi connectivity index (χ3v) is 10.2. The van der Waals surface area contributed by atoms with Gasteiger partial charge >= 0.3 is 0 Å². The van der Waals surface area contributed by atoms with Crippen LogP contribution < -0.4 is 27.0 Å². The molecule has 3 heterocycles. The highest BCUT2D eigenvalue weighted by Crippen LogP contribution is 2.33. The number of amides is 4. The number of piperazine rings is 1. The van der Waals surface area contributed by atoms with E-state index < -0.39 is 29.6 Å². The molecule has 1 aromatic rings. The molecule has 4 amide bonds. The summed E-state index contributed by atoms with van der Waals surface area (Å²) in [5.41, 5.74) is 12.8. The lowest BCUT2D eigenvalue weighted by Gasteiger charge is -2.40. The summed E-state index contributed by atoms with van der Waals surface area (Å²) in [6.45, 7) is 5.06. The number of likely N-dealkylation sites (tertiary alicyclic amines) is 1. The third kappa shape index (κ3) is 8.41. The number of halogens is 1. The van der Waals surface area contributed by atoms with Crippen LogP contribution in [0.15, 0.2) is 35.8 Å². The monoisotopic (exact) mass is 680 g/mol. The van der Waals surface area contributed by atoms with Crippen LogP contribution in [0, 0.1) is 11.7 Å². The summed E-state index contributed by atoms with van der Waals surface area (Å²) in [7, 11) is 1.39. The van der Waals surface area contributed by atoms with Gasteiger partial charge in [0.25, 0.3) is 17.7 Å². The smallest absolute Gasteiger partial charge is 0.267 e. The van der Waals surface area contributed by atoms with Crippen molar-refractivity contribution in [2.24, 2.45) is 17.4 Å². The fraction of sp³-hybridized carbons (Fsp3) is 0.571. The Bertz CT molecular complexity index is 1480. The van der Waals surface area contributed by atoms with Gasteiger partial charge in [0, 0.05) is 65.3 Å². The molecular weight excluding hydrogens is 631 g/mol. The number of rotatable bonds is 12. The number of nitrogens with one attached hydrogen (secondary N) is 2. The molecule has 1 saturated carbocycles. The Morgan fingerprint density at radius 3 is 2.22 bits per heavy atom. The second kappa shape index (κ2) is 16.3. The van der Waals surface area contributed by atoms with E-state index in [1.54, 1.807) is 12.2 Å². The lowest BCUT2D eigenvalue weighted by molar-refractivity contribution is -0.125. The number of anilines is 1. The molecule has 0 bridgehead atoms. The van der Waals surface area contributed by atoms with Gasteiger partial charge < -0.3 is 36.7 Å². The molecule has 0 aromatic heterocycles. The molecule has 14 heteroatoms. The van der Waals surface area contributed by atoms with Crippen molar-refractivity contribution in [3.8, 4) is 0 Å². The predicted octanol–water partition coefficient (Wildman–Crippen LogP) is 1.44. The minimum atomic E-state index is -1.16. The molecule has 266 valence electrons. The van der Waals surface area contributed by atoms with Crippen LogP contribution >= 0.6 is 0 Å². The van der Waals surface area contributed by atoms with Crippen molar-refractivity contribution in [3.05, 3.63) is 52.7 Å². The molecule has 13 nitrogen and oxygen atoms in total. The second-order valence-electron chi connectivity index (χ2n) is 13.4. The lowest BCUT2D eigenvalue weighted by Crippen LogP contribution is -2.49. The summed E-state index contributed by atoms with van der Waals surface area (Å²) in [5, 5.41) is 5.46. The van der Waals surface area contributed by atoms with Gasteiger partial charge in [-0.3, -0.25) is 29.0 Å². The molecule has 3 aliphatic heterocycles. The Morgan fingerprint density at radius 1 is 0.939 bits per heavy atom. The number of fused-ring (bicyclic) bond motifs is 1. The molecule has 3 fully saturated rings. The number of carbonyl (C=O) groups is 5. The topological polar surface area (TPSA) is 174 Å². The van der Waals surface area contributed by atoms with Gasteiger partial charge in [0.05, 0.1) is 28.3 Å². The highest BCUT2D eigenvalue weighted by molar-refractivity contribution is 6.23. The summed E-state index contributed by atoms with van der Waals surface area (Å²) in [5.74, 6) is -1.74. The summed E-state index contributed by atoms with van der Waals surface area (Å²) in [6.07, 6.45) is 11.3. The van der Waals surface area contributed by atoms with Crippen LogP contribution in [0.5, 0.6) is 0 Å². The summed E-state index contributed by atoms with van der Waals surface area (Å²) in [6, 6.07) is 1.54. The van der Waals surface area contributed by atoms with Crippen LogP contribution in [0.1, 0.15) is 78.5 Å². The number of allylic oxidation sites excluding steroid dienone is 2. The zero-order chi connectivity index (χ0) is 35.1. The van der Waals surface area contributed by atoms with E-state index >= 15 is 4.39 Å². The normalized spacial score (nSPS) is 20.7. The van der Waals surface area contributed by atoms with E-state index in [1.165, 1.54) is 19.5 Å². The average Bonchev–Trinajstić information content (AvgIpc) is 3.35. The molecular formula is C35H49FN8O5. The van der Waals surface area contributed by atoms with Gasteiger partial charge in [-0.25, -0.2) is 4.39 Å². The van der Waals surface area contributed by atoms with Gasteiger partial charge in [0.1, 0.15) is 18.1 Å². The number of nitrogens with two attached hydrogens (primary N) is 2. The highest BCUT2D eigenvalue weighted by atomic mass is 19.1. The van der Waals surface area contributed by atoms with Crippen LogP contribution in [0.3, 0.4) is 0 Å². The first kappa shape index (κ1) is 35.8. The van der Waals surface area contributed by atoms with E-state index in [4.69, 9.17) is 11.5 Å². The minimum absolute atomic E-state index is 0.00564. The number of hydrogen-bond donors (Lipinski definition) is 4. The van der Waals surface area contributed by atoms with Crippen molar-refractivity contribution in [3.63, 3.8) is 0 Å². The van der Waals surface area contributed by atoms with Crippen LogP contribution in [0.2, 0.25) is 0 Å². The number of hydrogen-bond acceptors (Lipinski definition) is 10. The van der Waals surface area contributed by atoms with Crippen LogP contribution in [-0.2, 0) is 14.4 Å². The lowest BCUT2D eigenvalue weighted by atomic mass is 9.95. The number of imide groups is 1. The molecule has 5 rings (SSSR count). The van der Waals surface area contributed by atoms with Gasteiger partial charge in [-0.1, -0.05) is 19.3 Å². The van der Waals surface area contributed by atoms with E-state index in [9.17, 15) is 24.0 Å². The van der Waals surface area contributed by atoms with Crippen molar-refractivity contribution in [2.45, 2.75) is 69.9 Å². The van der Waals surface area contributed by atoms with Crippen molar-refractivity contribution in [1.82, 2.24) is 25.3 Å². The van der Waals surface area contributed by atoms with Gasteiger partial charge in [0.15, 0.2) is 0 Å². The number of nitrogens with zero attached hydrogens (tertiary/aromatic N) is 4. The average molecular weight is 681 g/mol. The van der Waals surface area contributed by atoms with Crippen LogP contribution in [-0.4, -0.2) is 110 Å². The quantitative estimate of drug-likeness (QED) is 0.110. The van der Waals surface area contributed by atoms with Gasteiger partial charge in [0.2, 0.25) is 5.91 Å². The zero-order valence-electron chi connectivity index (χ0n) is 28.3. The SMILES string of the molecule is CNC(=O)C(CCC=O)N1C(=O)c2cc(F)c(N3CCN(CC4CCN(/C(N)=C/C=C(\N)C(=O)NC5CCCCC5)CC4)CC3)cc2C1=O. The maximum absolute atomic E-state index is 15.4. The number of carbonyl (C=O) groups excluding carboxylic acids is 5. The third-order valence-electron chi connectivity index (χ3n) is 10.2. The van der Waals surface area contributed by atoms with E-state index in [2.05, 4.69) is 20.4 Å². The summed E-state index contributed by atoms with van der Waals surface area (Å²) < 4.78 is 15.4. The van der Waals surface area contributed by atoms with Gasteiger partial charge in [-0.05, 0) is 62.3 Å². The Balaban J connectivity index is 1.10. The summed E-state index contributed by atoms with van der Waals surface area (Å²) >= 11 is 0. The van der Waals surface area contributed by atoms with Gasteiger partial charge in [-0.15, -0.1) is 0 Å². The Labute approximate surface area is 286 Å². The molecule has 4 aliphatic rings. The Kier molecular flexibility index (Phi) is 11.9. The fourth-order valence-electron chi connectivity index (χ4n) is 7.35. The first-order valence-electron chi connectivity index (χ1n) is 17.4. The molecule has 1 unspecified atom stereocenters. The minimum Gasteiger partial charge on any atom is -0.394 e. The van der Waals surface area contributed by atoms with E-state index in [-0.39, 0.29) is 47.3 Å². The van der Waals surface area contributed by atoms with E-state index in [1.807, 2.05) is 4.90 Å².